The van der Waals surface area contributed by atoms with Crippen molar-refractivity contribution in [2.24, 2.45) is 0 Å². The lowest BCUT2D eigenvalue weighted by molar-refractivity contribution is 0.834. The summed E-state index contributed by atoms with van der Waals surface area (Å²) in [6, 6.07) is 11.9. The van der Waals surface area contributed by atoms with Crippen LogP contribution in [0.3, 0.4) is 0 Å². The Morgan fingerprint density at radius 2 is 2.26 bits per heavy atom. The lowest BCUT2D eigenvalue weighted by Gasteiger charge is -2.19. The molecule has 0 amide bonds. The van der Waals surface area contributed by atoms with Gasteiger partial charge in [-0.15, -0.1) is 0 Å². The van der Waals surface area contributed by atoms with Gasteiger partial charge in [0.05, 0.1) is 0 Å². The van der Waals surface area contributed by atoms with Gasteiger partial charge >= 0.3 is 0 Å². The molecule has 0 atom stereocenters. The maximum atomic E-state index is 8.87. The van der Waals surface area contributed by atoms with Crippen molar-refractivity contribution in [1.82, 2.24) is 4.98 Å². The Morgan fingerprint density at radius 3 is 3.11 bits per heavy atom. The number of aromatic nitrogens is 1. The summed E-state index contributed by atoms with van der Waals surface area (Å²) < 4.78 is 0. The van der Waals surface area contributed by atoms with Gasteiger partial charge in [0, 0.05) is 36.2 Å². The van der Waals surface area contributed by atoms with Gasteiger partial charge in [-0.3, -0.25) is 0 Å². The van der Waals surface area contributed by atoms with E-state index in [0.29, 0.717) is 5.69 Å². The molecule has 19 heavy (non-hydrogen) atoms. The van der Waals surface area contributed by atoms with Gasteiger partial charge in [0.25, 0.3) is 0 Å². The quantitative estimate of drug-likeness (QED) is 0.829. The summed E-state index contributed by atoms with van der Waals surface area (Å²) in [6.07, 6.45) is 2.67. The average Bonchev–Trinajstić information content (AvgIpc) is 2.84. The predicted molar refractivity (Wildman–Crippen MR) is 74.6 cm³/mol. The van der Waals surface area contributed by atoms with Crippen molar-refractivity contribution in [2.75, 3.05) is 17.2 Å². The SMILES string of the molecule is N#Cc1cc(CN2CCc3c(N)cccc32)ccn1. The van der Waals surface area contributed by atoms with E-state index in [9.17, 15) is 0 Å². The molecule has 2 N–H and O–H groups in total. The summed E-state index contributed by atoms with van der Waals surface area (Å²) in [4.78, 5) is 6.29. The van der Waals surface area contributed by atoms with Crippen LogP contribution < -0.4 is 10.6 Å². The van der Waals surface area contributed by atoms with Crippen molar-refractivity contribution in [3.8, 4) is 6.07 Å². The van der Waals surface area contributed by atoms with Crippen LogP contribution >= 0.6 is 0 Å². The largest absolute Gasteiger partial charge is 0.398 e. The number of hydrogen-bond donors (Lipinski definition) is 1. The van der Waals surface area contributed by atoms with Crippen LogP contribution in [0.2, 0.25) is 0 Å². The third-order valence-electron chi connectivity index (χ3n) is 3.47. The molecule has 0 spiro atoms. The van der Waals surface area contributed by atoms with Crippen molar-refractivity contribution in [3.05, 3.63) is 53.3 Å². The number of nitrogen functional groups attached to an aromatic ring is 1. The molecule has 0 radical (unpaired) electrons. The number of rotatable bonds is 2. The Bertz CT molecular complexity index is 657. The van der Waals surface area contributed by atoms with Gasteiger partial charge in [0.1, 0.15) is 11.8 Å². The number of pyridine rings is 1. The number of nitrogens with zero attached hydrogens (tertiary/aromatic N) is 3. The molecule has 0 bridgehead atoms. The van der Waals surface area contributed by atoms with Crippen LogP contribution in [0, 0.1) is 11.3 Å². The van der Waals surface area contributed by atoms with E-state index >= 15 is 0 Å². The molecule has 1 aliphatic heterocycles. The minimum atomic E-state index is 0.462. The van der Waals surface area contributed by atoms with Crippen molar-refractivity contribution < 1.29 is 0 Å². The third kappa shape index (κ3) is 2.11. The van der Waals surface area contributed by atoms with E-state index in [0.717, 1.165) is 30.8 Å². The molecule has 1 aromatic heterocycles. The molecule has 4 nitrogen and oxygen atoms in total. The highest BCUT2D eigenvalue weighted by Gasteiger charge is 2.20. The van der Waals surface area contributed by atoms with Crippen LogP contribution in [0.5, 0.6) is 0 Å². The maximum absolute atomic E-state index is 8.87. The van der Waals surface area contributed by atoms with E-state index in [2.05, 4.69) is 22.0 Å². The summed E-state index contributed by atoms with van der Waals surface area (Å²) in [5.41, 5.74) is 10.9. The summed E-state index contributed by atoms with van der Waals surface area (Å²) >= 11 is 0. The number of anilines is 2. The minimum Gasteiger partial charge on any atom is -0.398 e. The Morgan fingerprint density at radius 1 is 1.37 bits per heavy atom. The Kier molecular flexibility index (Phi) is 2.81. The lowest BCUT2D eigenvalue weighted by atomic mass is 10.1. The molecule has 4 heteroatoms. The number of nitriles is 1. The average molecular weight is 250 g/mol. The molecule has 0 aliphatic carbocycles. The normalized spacial score (nSPS) is 13.1. The van der Waals surface area contributed by atoms with E-state index in [-0.39, 0.29) is 0 Å². The topological polar surface area (TPSA) is 65.9 Å². The summed E-state index contributed by atoms with van der Waals surface area (Å²) in [6.45, 7) is 1.75. The Labute approximate surface area is 112 Å². The second kappa shape index (κ2) is 4.62. The van der Waals surface area contributed by atoms with Crippen molar-refractivity contribution >= 4 is 11.4 Å². The number of hydrogen-bond acceptors (Lipinski definition) is 4. The molecule has 94 valence electrons. The summed E-state index contributed by atoms with van der Waals surface area (Å²) in [5, 5.41) is 8.87. The molecule has 2 heterocycles. The highest BCUT2D eigenvalue weighted by atomic mass is 15.1. The molecular weight excluding hydrogens is 236 g/mol. The zero-order valence-electron chi connectivity index (χ0n) is 10.5. The molecule has 1 aliphatic rings. The first-order chi connectivity index (χ1) is 9.28. The fraction of sp³-hybridized carbons (Fsp3) is 0.200. The van der Waals surface area contributed by atoms with E-state index in [4.69, 9.17) is 11.0 Å². The van der Waals surface area contributed by atoms with Crippen LogP contribution in [0.1, 0.15) is 16.8 Å². The van der Waals surface area contributed by atoms with Crippen LogP contribution in [0.4, 0.5) is 11.4 Å². The van der Waals surface area contributed by atoms with Crippen LogP contribution in [-0.4, -0.2) is 11.5 Å². The molecule has 1 aromatic carbocycles. The van der Waals surface area contributed by atoms with Crippen molar-refractivity contribution in [1.29, 1.82) is 5.26 Å². The smallest absolute Gasteiger partial charge is 0.140 e. The highest BCUT2D eigenvalue weighted by molar-refractivity contribution is 5.68. The van der Waals surface area contributed by atoms with Crippen LogP contribution in [0.25, 0.3) is 0 Å². The zero-order valence-corrected chi connectivity index (χ0v) is 10.5. The maximum Gasteiger partial charge on any atom is 0.140 e. The lowest BCUT2D eigenvalue weighted by Crippen LogP contribution is -2.19. The fourth-order valence-electron chi connectivity index (χ4n) is 2.55. The number of nitrogens with two attached hydrogens (primary N) is 1. The third-order valence-corrected chi connectivity index (χ3v) is 3.47. The van der Waals surface area contributed by atoms with Gasteiger partial charge in [0.15, 0.2) is 0 Å². The fourth-order valence-corrected chi connectivity index (χ4v) is 2.55. The van der Waals surface area contributed by atoms with E-state index in [1.54, 1.807) is 6.20 Å². The van der Waals surface area contributed by atoms with Crippen LogP contribution in [-0.2, 0) is 13.0 Å². The highest BCUT2D eigenvalue weighted by Crippen LogP contribution is 2.32. The van der Waals surface area contributed by atoms with E-state index in [1.807, 2.05) is 24.3 Å². The summed E-state index contributed by atoms with van der Waals surface area (Å²) in [7, 11) is 0. The number of benzene rings is 1. The van der Waals surface area contributed by atoms with E-state index < -0.39 is 0 Å². The summed E-state index contributed by atoms with van der Waals surface area (Å²) in [5.74, 6) is 0. The first kappa shape index (κ1) is 11.5. The molecule has 0 fully saturated rings. The molecule has 0 saturated heterocycles. The molecule has 0 saturated carbocycles. The van der Waals surface area contributed by atoms with Crippen molar-refractivity contribution in [2.45, 2.75) is 13.0 Å². The second-order valence-electron chi connectivity index (χ2n) is 4.68. The predicted octanol–water partition coefficient (Wildman–Crippen LogP) is 2.10. The first-order valence-corrected chi connectivity index (χ1v) is 6.25. The van der Waals surface area contributed by atoms with Gasteiger partial charge in [-0.25, -0.2) is 4.98 Å². The van der Waals surface area contributed by atoms with Gasteiger partial charge in [-0.1, -0.05) is 6.07 Å². The Hall–Kier alpha value is -2.54. The molecular formula is C15H14N4. The standard InChI is InChI=1S/C15H14N4/c16-9-12-8-11(4-6-18-12)10-19-7-5-13-14(17)2-1-3-15(13)19/h1-4,6,8H,5,7,10,17H2. The minimum absolute atomic E-state index is 0.462. The molecule has 2 aromatic rings. The van der Waals surface area contributed by atoms with Gasteiger partial charge in [-0.2, -0.15) is 5.26 Å². The second-order valence-corrected chi connectivity index (χ2v) is 4.68. The van der Waals surface area contributed by atoms with Gasteiger partial charge in [0.2, 0.25) is 0 Å². The first-order valence-electron chi connectivity index (χ1n) is 6.25. The monoisotopic (exact) mass is 250 g/mol. The molecule has 3 rings (SSSR count). The van der Waals surface area contributed by atoms with Crippen LogP contribution in [0.15, 0.2) is 36.5 Å². The van der Waals surface area contributed by atoms with Crippen molar-refractivity contribution in [3.63, 3.8) is 0 Å². The van der Waals surface area contributed by atoms with E-state index in [1.165, 1.54) is 11.3 Å². The molecule has 0 unspecified atom stereocenters. The van der Waals surface area contributed by atoms with Gasteiger partial charge in [-0.05, 0) is 36.2 Å². The zero-order chi connectivity index (χ0) is 13.2. The Balaban J connectivity index is 1.87. The van der Waals surface area contributed by atoms with Gasteiger partial charge < -0.3 is 10.6 Å². The number of fused-ring (bicyclic) bond motifs is 1.